The minimum atomic E-state index is -0.121. The SMILES string of the molecule is CCn1c(NNC(=O)[C@@H]2[C@H](C=C(C)C)C2(C)C)nc2ccccc2c1=O. The lowest BCUT2D eigenvalue weighted by molar-refractivity contribution is -0.122. The van der Waals surface area contributed by atoms with Crippen LogP contribution in [0.15, 0.2) is 40.7 Å². The zero-order valence-corrected chi connectivity index (χ0v) is 16.0. The molecule has 1 fully saturated rings. The number of carbonyl (C=O) groups is 1. The molecule has 1 aromatic carbocycles. The van der Waals surface area contributed by atoms with E-state index in [1.807, 2.05) is 32.9 Å². The van der Waals surface area contributed by atoms with Gasteiger partial charge in [0.25, 0.3) is 5.56 Å². The zero-order valence-electron chi connectivity index (χ0n) is 16.0. The molecule has 0 spiro atoms. The molecule has 0 unspecified atom stereocenters. The maximum absolute atomic E-state index is 12.6. The Morgan fingerprint density at radius 3 is 2.65 bits per heavy atom. The van der Waals surface area contributed by atoms with Crippen LogP contribution >= 0.6 is 0 Å². The molecule has 6 nitrogen and oxygen atoms in total. The van der Waals surface area contributed by atoms with Gasteiger partial charge in [0.2, 0.25) is 11.9 Å². The van der Waals surface area contributed by atoms with Crippen molar-refractivity contribution in [3.63, 3.8) is 0 Å². The lowest BCUT2D eigenvalue weighted by atomic mass is 10.1. The highest BCUT2D eigenvalue weighted by atomic mass is 16.2. The van der Waals surface area contributed by atoms with Crippen molar-refractivity contribution in [1.29, 1.82) is 0 Å². The monoisotopic (exact) mass is 354 g/mol. The fourth-order valence-electron chi connectivity index (χ4n) is 3.60. The summed E-state index contributed by atoms with van der Waals surface area (Å²) in [5.74, 6) is 0.406. The lowest BCUT2D eigenvalue weighted by Crippen LogP contribution is -2.36. The Balaban J connectivity index is 1.81. The van der Waals surface area contributed by atoms with Gasteiger partial charge in [0.05, 0.1) is 16.8 Å². The molecule has 6 heteroatoms. The van der Waals surface area contributed by atoms with E-state index >= 15 is 0 Å². The number of benzene rings is 1. The summed E-state index contributed by atoms with van der Waals surface area (Å²) in [5, 5.41) is 0.568. The van der Waals surface area contributed by atoms with Gasteiger partial charge in [-0.3, -0.25) is 25.0 Å². The van der Waals surface area contributed by atoms with Crippen LogP contribution in [-0.2, 0) is 11.3 Å². The quantitative estimate of drug-likeness (QED) is 0.639. The first-order valence-corrected chi connectivity index (χ1v) is 8.97. The summed E-state index contributed by atoms with van der Waals surface area (Å²) < 4.78 is 1.52. The zero-order chi connectivity index (χ0) is 19.1. The Hall–Kier alpha value is -2.63. The summed E-state index contributed by atoms with van der Waals surface area (Å²) in [7, 11) is 0. The van der Waals surface area contributed by atoms with Crippen LogP contribution in [0.25, 0.3) is 10.9 Å². The minimum Gasteiger partial charge on any atom is -0.277 e. The van der Waals surface area contributed by atoms with Crippen LogP contribution in [0.1, 0.15) is 34.6 Å². The number of para-hydroxylation sites is 1. The van der Waals surface area contributed by atoms with Crippen LogP contribution in [0.5, 0.6) is 0 Å². The molecular weight excluding hydrogens is 328 g/mol. The molecule has 26 heavy (non-hydrogen) atoms. The number of fused-ring (bicyclic) bond motifs is 1. The second-order valence-electron chi connectivity index (χ2n) is 7.69. The highest BCUT2D eigenvalue weighted by Gasteiger charge is 2.60. The van der Waals surface area contributed by atoms with Crippen LogP contribution in [0, 0.1) is 17.3 Å². The minimum absolute atomic E-state index is 0.0652. The summed E-state index contributed by atoms with van der Waals surface area (Å²) in [6.45, 7) is 10.6. The van der Waals surface area contributed by atoms with Crippen LogP contribution < -0.4 is 16.4 Å². The number of aromatic nitrogens is 2. The Morgan fingerprint density at radius 1 is 1.31 bits per heavy atom. The van der Waals surface area contributed by atoms with Crippen LogP contribution in [0.2, 0.25) is 0 Å². The molecule has 2 aromatic rings. The van der Waals surface area contributed by atoms with Crippen molar-refractivity contribution in [1.82, 2.24) is 15.0 Å². The molecule has 1 aromatic heterocycles. The number of amides is 1. The summed E-state index contributed by atoms with van der Waals surface area (Å²) in [5.41, 5.74) is 7.24. The van der Waals surface area contributed by atoms with Gasteiger partial charge in [0.15, 0.2) is 0 Å². The maximum atomic E-state index is 12.6. The summed E-state index contributed by atoms with van der Waals surface area (Å²) >= 11 is 0. The van der Waals surface area contributed by atoms with Gasteiger partial charge >= 0.3 is 0 Å². The van der Waals surface area contributed by atoms with E-state index in [4.69, 9.17) is 0 Å². The van der Waals surface area contributed by atoms with Crippen LogP contribution in [0.3, 0.4) is 0 Å². The topological polar surface area (TPSA) is 76.0 Å². The van der Waals surface area contributed by atoms with Gasteiger partial charge in [0, 0.05) is 6.54 Å². The average Bonchev–Trinajstić information content (AvgIpc) is 3.12. The normalized spacial score (nSPS) is 20.5. The van der Waals surface area contributed by atoms with Gasteiger partial charge in [-0.15, -0.1) is 0 Å². The van der Waals surface area contributed by atoms with Gasteiger partial charge in [0.1, 0.15) is 0 Å². The van der Waals surface area contributed by atoms with Crippen molar-refractivity contribution in [3.8, 4) is 0 Å². The van der Waals surface area contributed by atoms with E-state index < -0.39 is 0 Å². The van der Waals surface area contributed by atoms with E-state index in [9.17, 15) is 9.59 Å². The molecule has 1 amide bonds. The number of nitrogens with zero attached hydrogens (tertiary/aromatic N) is 2. The van der Waals surface area contributed by atoms with E-state index in [1.54, 1.807) is 12.1 Å². The second kappa shape index (κ2) is 6.59. The second-order valence-corrected chi connectivity index (χ2v) is 7.69. The Morgan fingerprint density at radius 2 is 2.00 bits per heavy atom. The fourth-order valence-corrected chi connectivity index (χ4v) is 3.60. The number of allylic oxidation sites excluding steroid dienone is 2. The van der Waals surface area contributed by atoms with Crippen molar-refractivity contribution >= 4 is 22.8 Å². The molecule has 0 radical (unpaired) electrons. The van der Waals surface area contributed by atoms with Crippen LogP contribution in [-0.4, -0.2) is 15.5 Å². The molecular formula is C20H26N4O2. The maximum Gasteiger partial charge on any atom is 0.262 e. The van der Waals surface area contributed by atoms with Gasteiger partial charge in [-0.2, -0.15) is 0 Å². The average molecular weight is 354 g/mol. The third-order valence-corrected chi connectivity index (χ3v) is 5.18. The molecule has 2 N–H and O–H groups in total. The van der Waals surface area contributed by atoms with Gasteiger partial charge in [-0.05, 0) is 44.2 Å². The third-order valence-electron chi connectivity index (χ3n) is 5.18. The summed E-state index contributed by atoms with van der Waals surface area (Å²) in [6.07, 6.45) is 2.15. The first kappa shape index (κ1) is 18.2. The van der Waals surface area contributed by atoms with Crippen molar-refractivity contribution in [3.05, 3.63) is 46.3 Å². The van der Waals surface area contributed by atoms with Crippen molar-refractivity contribution in [2.24, 2.45) is 17.3 Å². The number of carbonyl (C=O) groups excluding carboxylic acids is 1. The van der Waals surface area contributed by atoms with E-state index in [-0.39, 0.29) is 28.7 Å². The molecule has 0 aliphatic heterocycles. The summed E-state index contributed by atoms with van der Waals surface area (Å²) in [4.78, 5) is 29.7. The predicted octanol–water partition coefficient (Wildman–Crippen LogP) is 3.10. The molecule has 138 valence electrons. The third kappa shape index (κ3) is 3.11. The largest absolute Gasteiger partial charge is 0.277 e. The van der Waals surface area contributed by atoms with E-state index in [0.717, 1.165) is 0 Å². The fraction of sp³-hybridized carbons (Fsp3) is 0.450. The molecule has 0 bridgehead atoms. The predicted molar refractivity (Wildman–Crippen MR) is 104 cm³/mol. The Kier molecular flexibility index (Phi) is 4.61. The van der Waals surface area contributed by atoms with Gasteiger partial charge in [-0.1, -0.05) is 37.6 Å². The van der Waals surface area contributed by atoms with Gasteiger partial charge in [-0.25, -0.2) is 4.98 Å². The number of rotatable bonds is 5. The standard InChI is InChI=1S/C20H26N4O2/c1-6-24-18(26)13-9-7-8-10-15(13)21-19(24)23-22-17(25)16-14(11-12(2)3)20(16,4)5/h7-11,14,16H,6H2,1-5H3,(H,21,23)(H,22,25)/t14-,16-/m0/s1. The first-order valence-electron chi connectivity index (χ1n) is 8.97. The Labute approximate surface area is 153 Å². The molecule has 1 aliphatic carbocycles. The van der Waals surface area contributed by atoms with Crippen molar-refractivity contribution in [2.75, 3.05) is 5.43 Å². The number of anilines is 1. The highest BCUT2D eigenvalue weighted by Crippen LogP contribution is 2.59. The molecule has 2 atom stereocenters. The summed E-state index contributed by atoms with van der Waals surface area (Å²) in [6, 6.07) is 7.21. The lowest BCUT2D eigenvalue weighted by Gasteiger charge is -2.14. The first-order chi connectivity index (χ1) is 12.3. The van der Waals surface area contributed by atoms with Gasteiger partial charge < -0.3 is 0 Å². The number of hydrogen-bond acceptors (Lipinski definition) is 4. The number of nitrogens with one attached hydrogen (secondary N) is 2. The van der Waals surface area contributed by atoms with Crippen molar-refractivity contribution in [2.45, 2.75) is 41.2 Å². The molecule has 1 saturated carbocycles. The van der Waals surface area contributed by atoms with E-state index in [0.29, 0.717) is 23.4 Å². The number of hydrogen-bond donors (Lipinski definition) is 2. The molecule has 1 heterocycles. The van der Waals surface area contributed by atoms with E-state index in [2.05, 4.69) is 35.8 Å². The highest BCUT2D eigenvalue weighted by molar-refractivity contribution is 5.85. The molecule has 3 rings (SSSR count). The van der Waals surface area contributed by atoms with Crippen LogP contribution in [0.4, 0.5) is 5.95 Å². The smallest absolute Gasteiger partial charge is 0.262 e. The Bertz CT molecular complexity index is 938. The van der Waals surface area contributed by atoms with E-state index in [1.165, 1.54) is 10.1 Å². The van der Waals surface area contributed by atoms with Crippen molar-refractivity contribution < 1.29 is 4.79 Å². The molecule has 1 aliphatic rings. The molecule has 0 saturated heterocycles. The number of hydrazine groups is 1.